The number of alkyl halides is 3. The summed E-state index contributed by atoms with van der Waals surface area (Å²) in [7, 11) is -4.20. The molecule has 1 N–H and O–H groups in total. The predicted octanol–water partition coefficient (Wildman–Crippen LogP) is 3.91. The minimum atomic E-state index is -4.58. The largest absolute Gasteiger partial charge is 0.484 e. The molecule has 12 heteroatoms. The minimum Gasteiger partial charge on any atom is -0.484 e. The van der Waals surface area contributed by atoms with Crippen molar-refractivity contribution in [2.45, 2.75) is 41.1 Å². The van der Waals surface area contributed by atoms with E-state index in [-0.39, 0.29) is 34.6 Å². The molecule has 1 heterocycles. The summed E-state index contributed by atoms with van der Waals surface area (Å²) in [6, 6.07) is 11.0. The van der Waals surface area contributed by atoms with E-state index in [0.717, 1.165) is 28.7 Å². The maximum atomic E-state index is 13.3. The lowest BCUT2D eigenvalue weighted by atomic mass is 10.1. The molecule has 2 aromatic carbocycles. The molecule has 0 bridgehead atoms. The first-order valence-corrected chi connectivity index (χ1v) is 12.6. The van der Waals surface area contributed by atoms with Gasteiger partial charge in [0.25, 0.3) is 0 Å². The van der Waals surface area contributed by atoms with Gasteiger partial charge in [-0.05, 0) is 36.5 Å². The van der Waals surface area contributed by atoms with Crippen LogP contribution in [0.5, 0.6) is 5.75 Å². The monoisotopic (exact) mass is 531 g/mol. The molecule has 2 fully saturated rings. The number of hydrogen-bond acceptors (Lipinski definition) is 5. The SMILES string of the molecule is O=C(O)[C@@H]1C[C@@H](S(=O)(=O)c2ccc(OCC(F)(F)F)cc2Cl)CN1C(=O)C1CC1c1ccccc1. The molecule has 0 aromatic heterocycles. The molecule has 1 saturated carbocycles. The summed E-state index contributed by atoms with van der Waals surface area (Å²) in [6.07, 6.45) is -4.35. The van der Waals surface area contributed by atoms with Gasteiger partial charge in [-0.1, -0.05) is 41.9 Å². The maximum absolute atomic E-state index is 13.3. The first-order valence-electron chi connectivity index (χ1n) is 10.7. The number of aliphatic carboxylic acids is 1. The molecule has 0 spiro atoms. The van der Waals surface area contributed by atoms with E-state index in [1.165, 1.54) is 0 Å². The Bertz CT molecular complexity index is 1240. The average Bonchev–Trinajstić information content (AvgIpc) is 3.46. The topological polar surface area (TPSA) is 101 Å². The van der Waals surface area contributed by atoms with Crippen molar-refractivity contribution >= 4 is 33.3 Å². The van der Waals surface area contributed by atoms with Gasteiger partial charge >= 0.3 is 12.1 Å². The highest BCUT2D eigenvalue weighted by atomic mass is 35.5. The smallest absolute Gasteiger partial charge is 0.422 e. The summed E-state index contributed by atoms with van der Waals surface area (Å²) in [5.41, 5.74) is 0.959. The number of amides is 1. The van der Waals surface area contributed by atoms with Gasteiger partial charge in [0, 0.05) is 18.5 Å². The van der Waals surface area contributed by atoms with Gasteiger partial charge in [0.2, 0.25) is 5.91 Å². The molecule has 0 radical (unpaired) electrons. The minimum absolute atomic E-state index is 0.0486. The number of rotatable bonds is 7. The van der Waals surface area contributed by atoms with Gasteiger partial charge in [0.15, 0.2) is 16.4 Å². The Hall–Kier alpha value is -2.79. The van der Waals surface area contributed by atoms with Crippen molar-refractivity contribution in [3.05, 3.63) is 59.1 Å². The van der Waals surface area contributed by atoms with Gasteiger partial charge in [-0.3, -0.25) is 4.79 Å². The Morgan fingerprint density at radius 2 is 1.80 bits per heavy atom. The number of halogens is 4. The third kappa shape index (κ3) is 5.40. The number of carboxylic acids is 1. The Morgan fingerprint density at radius 3 is 2.40 bits per heavy atom. The van der Waals surface area contributed by atoms with Gasteiger partial charge in [0.1, 0.15) is 11.8 Å². The summed E-state index contributed by atoms with van der Waals surface area (Å²) >= 11 is 6.05. The molecular formula is C23H21ClF3NO6S. The number of ether oxygens (including phenoxy) is 1. The molecule has 1 aliphatic heterocycles. The molecule has 4 atom stereocenters. The van der Waals surface area contributed by atoms with E-state index in [1.807, 2.05) is 30.3 Å². The van der Waals surface area contributed by atoms with Crippen molar-refractivity contribution in [2.75, 3.05) is 13.2 Å². The number of hydrogen-bond donors (Lipinski definition) is 1. The summed E-state index contributed by atoms with van der Waals surface area (Å²) in [5.74, 6) is -2.46. The summed E-state index contributed by atoms with van der Waals surface area (Å²) in [5, 5.41) is 8.08. The van der Waals surface area contributed by atoms with Crippen LogP contribution in [-0.2, 0) is 19.4 Å². The molecular weight excluding hydrogens is 511 g/mol. The molecule has 2 aliphatic rings. The Kier molecular flexibility index (Phi) is 6.76. The van der Waals surface area contributed by atoms with Crippen molar-refractivity contribution < 1.29 is 41.0 Å². The average molecular weight is 532 g/mol. The van der Waals surface area contributed by atoms with Crippen LogP contribution in [0, 0.1) is 5.92 Å². The molecule has 1 saturated heterocycles. The van der Waals surface area contributed by atoms with Crippen LogP contribution in [0.15, 0.2) is 53.4 Å². The molecule has 35 heavy (non-hydrogen) atoms. The number of sulfone groups is 1. The van der Waals surface area contributed by atoms with Gasteiger partial charge in [-0.15, -0.1) is 0 Å². The van der Waals surface area contributed by atoms with Crippen molar-refractivity contribution in [2.24, 2.45) is 5.92 Å². The third-order valence-electron chi connectivity index (χ3n) is 6.22. The zero-order chi connectivity index (χ0) is 25.5. The number of likely N-dealkylation sites (tertiary alicyclic amines) is 1. The molecule has 7 nitrogen and oxygen atoms in total. The number of benzene rings is 2. The highest BCUT2D eigenvalue weighted by Gasteiger charge is 2.52. The van der Waals surface area contributed by atoms with Crippen molar-refractivity contribution in [3.8, 4) is 5.75 Å². The van der Waals surface area contributed by atoms with Gasteiger partial charge in [-0.2, -0.15) is 13.2 Å². The second-order valence-electron chi connectivity index (χ2n) is 8.60. The Morgan fingerprint density at radius 1 is 1.11 bits per heavy atom. The second kappa shape index (κ2) is 9.34. The third-order valence-corrected chi connectivity index (χ3v) is 8.83. The Labute approximate surface area is 204 Å². The van der Waals surface area contributed by atoms with Crippen molar-refractivity contribution in [1.82, 2.24) is 4.90 Å². The van der Waals surface area contributed by atoms with E-state index < -0.39 is 51.7 Å². The first-order chi connectivity index (χ1) is 16.4. The fourth-order valence-electron chi connectivity index (χ4n) is 4.40. The number of nitrogens with zero attached hydrogens (tertiary/aromatic N) is 1. The number of carbonyl (C=O) groups is 2. The fraction of sp³-hybridized carbons (Fsp3) is 0.391. The van der Waals surface area contributed by atoms with E-state index in [9.17, 15) is 36.3 Å². The number of carboxylic acid groups (broad SMARTS) is 1. The summed E-state index contributed by atoms with van der Waals surface area (Å²) in [6.45, 7) is -1.89. The molecule has 2 aromatic rings. The van der Waals surface area contributed by atoms with Gasteiger partial charge in [-0.25, -0.2) is 13.2 Å². The summed E-state index contributed by atoms with van der Waals surface area (Å²) in [4.78, 5) is 25.7. The van der Waals surface area contributed by atoms with Crippen LogP contribution in [0.1, 0.15) is 24.3 Å². The molecule has 4 rings (SSSR count). The first kappa shape index (κ1) is 25.3. The Balaban J connectivity index is 1.51. The van der Waals surface area contributed by atoms with Crippen LogP contribution < -0.4 is 4.74 Å². The van der Waals surface area contributed by atoms with E-state index in [2.05, 4.69) is 4.74 Å². The van der Waals surface area contributed by atoms with Crippen molar-refractivity contribution in [3.63, 3.8) is 0 Å². The van der Waals surface area contributed by atoms with Crippen molar-refractivity contribution in [1.29, 1.82) is 0 Å². The van der Waals surface area contributed by atoms with E-state index >= 15 is 0 Å². The van der Waals surface area contributed by atoms with E-state index in [4.69, 9.17) is 11.6 Å². The zero-order valence-electron chi connectivity index (χ0n) is 18.1. The van der Waals surface area contributed by atoms with Crippen LogP contribution in [-0.4, -0.2) is 60.9 Å². The standard InChI is InChI=1S/C23H21ClF3NO6S/c24-18-8-14(34-12-23(25,26)27)6-7-20(18)35(32,33)15-9-19(22(30)31)28(11-15)21(29)17-10-16(17)13-4-2-1-3-5-13/h1-8,15-17,19H,9-12H2,(H,30,31)/t15-,16?,17?,19+/m1/s1. The highest BCUT2D eigenvalue weighted by molar-refractivity contribution is 7.92. The summed E-state index contributed by atoms with van der Waals surface area (Å²) < 4.78 is 68.2. The molecule has 2 unspecified atom stereocenters. The van der Waals surface area contributed by atoms with Crippen LogP contribution >= 0.6 is 11.6 Å². The lowest BCUT2D eigenvalue weighted by Crippen LogP contribution is -2.41. The second-order valence-corrected chi connectivity index (χ2v) is 11.2. The number of carbonyl (C=O) groups excluding carboxylic acids is 1. The van der Waals surface area contributed by atoms with Gasteiger partial charge < -0.3 is 14.7 Å². The maximum Gasteiger partial charge on any atom is 0.422 e. The lowest BCUT2D eigenvalue weighted by Gasteiger charge is -2.21. The zero-order valence-corrected chi connectivity index (χ0v) is 19.7. The predicted molar refractivity (Wildman–Crippen MR) is 119 cm³/mol. The van der Waals surface area contributed by atoms with Crippen LogP contribution in [0.3, 0.4) is 0 Å². The lowest BCUT2D eigenvalue weighted by molar-refractivity contribution is -0.153. The van der Waals surface area contributed by atoms with E-state index in [0.29, 0.717) is 6.42 Å². The quantitative estimate of drug-likeness (QED) is 0.581. The van der Waals surface area contributed by atoms with Crippen LogP contribution in [0.25, 0.3) is 0 Å². The highest BCUT2D eigenvalue weighted by Crippen LogP contribution is 2.49. The van der Waals surface area contributed by atoms with Crippen LogP contribution in [0.4, 0.5) is 13.2 Å². The molecule has 1 amide bonds. The molecule has 1 aliphatic carbocycles. The van der Waals surface area contributed by atoms with Crippen LogP contribution in [0.2, 0.25) is 5.02 Å². The van der Waals surface area contributed by atoms with Gasteiger partial charge in [0.05, 0.1) is 15.2 Å². The molecule has 188 valence electrons. The van der Waals surface area contributed by atoms with E-state index in [1.54, 1.807) is 0 Å². The fourth-order valence-corrected chi connectivity index (χ4v) is 6.63. The normalized spacial score (nSPS) is 24.3.